The molecule has 0 saturated heterocycles. The molecule has 0 fully saturated rings. The molecule has 0 heterocycles. The van der Waals surface area contributed by atoms with Crippen molar-refractivity contribution in [3.05, 3.63) is 63.6 Å². The molecule has 5 heteroatoms. The highest BCUT2D eigenvalue weighted by atomic mass is 79.9. The van der Waals surface area contributed by atoms with Gasteiger partial charge in [0, 0.05) is 5.69 Å². The van der Waals surface area contributed by atoms with E-state index in [9.17, 15) is 10.1 Å². The van der Waals surface area contributed by atoms with E-state index in [1.165, 1.54) is 6.08 Å². The molecule has 0 bridgehead atoms. The molecule has 0 aliphatic carbocycles. The number of rotatable bonds is 5. The lowest BCUT2D eigenvalue weighted by atomic mass is 10.1. The Morgan fingerprint density at radius 2 is 2.12 bits per heavy atom. The third-order valence-electron chi connectivity index (χ3n) is 3.34. The van der Waals surface area contributed by atoms with Crippen LogP contribution >= 0.6 is 15.9 Å². The van der Waals surface area contributed by atoms with E-state index in [0.29, 0.717) is 21.5 Å². The largest absolute Gasteiger partial charge is 0.480 e. The van der Waals surface area contributed by atoms with Gasteiger partial charge in [0.1, 0.15) is 24.0 Å². The maximum Gasteiger partial charge on any atom is 0.266 e. The summed E-state index contributed by atoms with van der Waals surface area (Å²) in [6.45, 7) is 2.05. The van der Waals surface area contributed by atoms with Crippen molar-refractivity contribution in [2.45, 2.75) is 6.92 Å². The smallest absolute Gasteiger partial charge is 0.266 e. The SMILES string of the molecule is C#CCOc1ccc(/C=C(/C#N)C(=O)Nc2ccccc2C)cc1Br. The van der Waals surface area contributed by atoms with Gasteiger partial charge in [-0.15, -0.1) is 6.42 Å². The molecule has 25 heavy (non-hydrogen) atoms. The van der Waals surface area contributed by atoms with E-state index in [2.05, 4.69) is 27.2 Å². The second kappa shape index (κ2) is 8.73. The van der Waals surface area contributed by atoms with Crippen LogP contribution in [0.5, 0.6) is 5.75 Å². The molecule has 2 aromatic rings. The number of aryl methyl sites for hydroxylation is 1. The molecule has 0 spiro atoms. The lowest BCUT2D eigenvalue weighted by molar-refractivity contribution is -0.112. The minimum absolute atomic E-state index is 0.00689. The number of hydrogen-bond acceptors (Lipinski definition) is 3. The highest BCUT2D eigenvalue weighted by Crippen LogP contribution is 2.27. The van der Waals surface area contributed by atoms with E-state index < -0.39 is 5.91 Å². The van der Waals surface area contributed by atoms with Crippen molar-refractivity contribution in [1.29, 1.82) is 5.26 Å². The molecule has 1 amide bonds. The zero-order valence-corrected chi connectivity index (χ0v) is 15.1. The van der Waals surface area contributed by atoms with Gasteiger partial charge in [0.15, 0.2) is 0 Å². The van der Waals surface area contributed by atoms with Gasteiger partial charge in [-0.3, -0.25) is 4.79 Å². The average molecular weight is 395 g/mol. The normalized spacial score (nSPS) is 10.5. The molecule has 124 valence electrons. The number of hydrogen-bond donors (Lipinski definition) is 1. The first kappa shape index (κ1) is 18.3. The Bertz CT molecular complexity index is 905. The molecule has 0 saturated carbocycles. The average Bonchev–Trinajstić information content (AvgIpc) is 2.60. The molecule has 2 rings (SSSR count). The Hall–Kier alpha value is -3.02. The fourth-order valence-electron chi connectivity index (χ4n) is 2.06. The summed E-state index contributed by atoms with van der Waals surface area (Å²) in [5, 5.41) is 12.1. The van der Waals surface area contributed by atoms with Crippen LogP contribution in [0.4, 0.5) is 5.69 Å². The third-order valence-corrected chi connectivity index (χ3v) is 3.96. The molecule has 0 radical (unpaired) electrons. The van der Waals surface area contributed by atoms with Crippen LogP contribution in [-0.4, -0.2) is 12.5 Å². The summed E-state index contributed by atoms with van der Waals surface area (Å²) in [7, 11) is 0. The molecular weight excluding hydrogens is 380 g/mol. The first-order valence-corrected chi connectivity index (χ1v) is 8.19. The zero-order valence-electron chi connectivity index (χ0n) is 13.5. The number of nitrogens with zero attached hydrogens (tertiary/aromatic N) is 1. The number of ether oxygens (including phenoxy) is 1. The van der Waals surface area contributed by atoms with E-state index >= 15 is 0 Å². The second-order valence-electron chi connectivity index (χ2n) is 5.12. The molecule has 2 aromatic carbocycles. The van der Waals surface area contributed by atoms with E-state index in [-0.39, 0.29) is 12.2 Å². The summed E-state index contributed by atoms with van der Waals surface area (Å²) in [5.74, 6) is 2.53. The van der Waals surface area contributed by atoms with Crippen LogP contribution in [0.2, 0.25) is 0 Å². The second-order valence-corrected chi connectivity index (χ2v) is 5.98. The summed E-state index contributed by atoms with van der Waals surface area (Å²) >= 11 is 3.38. The van der Waals surface area contributed by atoms with Crippen LogP contribution in [0.3, 0.4) is 0 Å². The van der Waals surface area contributed by atoms with Crippen molar-refractivity contribution in [1.82, 2.24) is 0 Å². The minimum Gasteiger partial charge on any atom is -0.480 e. The Morgan fingerprint density at radius 3 is 2.76 bits per heavy atom. The van der Waals surface area contributed by atoms with Gasteiger partial charge in [-0.05, 0) is 58.3 Å². The van der Waals surface area contributed by atoms with Crippen molar-refractivity contribution in [2.75, 3.05) is 11.9 Å². The summed E-state index contributed by atoms with van der Waals surface area (Å²) in [4.78, 5) is 12.3. The van der Waals surface area contributed by atoms with Gasteiger partial charge >= 0.3 is 0 Å². The van der Waals surface area contributed by atoms with Crippen molar-refractivity contribution in [3.63, 3.8) is 0 Å². The Morgan fingerprint density at radius 1 is 1.36 bits per heavy atom. The van der Waals surface area contributed by atoms with Crippen LogP contribution in [0.1, 0.15) is 11.1 Å². The van der Waals surface area contributed by atoms with Gasteiger partial charge in [-0.2, -0.15) is 5.26 Å². The summed E-state index contributed by atoms with van der Waals surface area (Å²) in [6, 6.07) is 14.5. The Balaban J connectivity index is 2.21. The van der Waals surface area contributed by atoms with Crippen LogP contribution in [0.25, 0.3) is 6.08 Å². The monoisotopic (exact) mass is 394 g/mol. The van der Waals surface area contributed by atoms with Crippen LogP contribution in [0.15, 0.2) is 52.5 Å². The topological polar surface area (TPSA) is 62.1 Å². The molecule has 4 nitrogen and oxygen atoms in total. The summed E-state index contributed by atoms with van der Waals surface area (Å²) < 4.78 is 6.05. The minimum atomic E-state index is -0.458. The number of carbonyl (C=O) groups excluding carboxylic acids is 1. The third kappa shape index (κ3) is 4.97. The van der Waals surface area contributed by atoms with Gasteiger partial charge in [-0.25, -0.2) is 0 Å². The van der Waals surface area contributed by atoms with Crippen molar-refractivity contribution in [3.8, 4) is 24.2 Å². The number of para-hydroxylation sites is 1. The molecule has 0 atom stereocenters. The molecule has 0 aromatic heterocycles. The molecule has 1 N–H and O–H groups in total. The Kier molecular flexibility index (Phi) is 6.39. The van der Waals surface area contributed by atoms with E-state index in [4.69, 9.17) is 11.2 Å². The predicted molar refractivity (Wildman–Crippen MR) is 102 cm³/mol. The van der Waals surface area contributed by atoms with Crippen LogP contribution in [0, 0.1) is 30.6 Å². The van der Waals surface area contributed by atoms with Crippen molar-refractivity contribution < 1.29 is 9.53 Å². The molecule has 0 aliphatic rings. The maximum absolute atomic E-state index is 12.3. The molecule has 0 aliphatic heterocycles. The van der Waals surface area contributed by atoms with Crippen molar-refractivity contribution >= 4 is 33.6 Å². The van der Waals surface area contributed by atoms with Crippen molar-refractivity contribution in [2.24, 2.45) is 0 Å². The number of nitriles is 1. The van der Waals surface area contributed by atoms with Gasteiger partial charge < -0.3 is 10.1 Å². The number of terminal acetylenes is 1. The highest BCUT2D eigenvalue weighted by molar-refractivity contribution is 9.10. The van der Waals surface area contributed by atoms with Crippen LogP contribution < -0.4 is 10.1 Å². The number of nitrogens with one attached hydrogen (secondary N) is 1. The molecule has 0 unspecified atom stereocenters. The number of amides is 1. The summed E-state index contributed by atoms with van der Waals surface area (Å²) in [5.41, 5.74) is 2.29. The standard InChI is InChI=1S/C20H15BrN2O2/c1-3-10-25-19-9-8-15(12-17(19)21)11-16(13-22)20(24)23-18-7-5-4-6-14(18)2/h1,4-9,11-12H,10H2,2H3,(H,23,24)/b16-11-. The lowest BCUT2D eigenvalue weighted by Gasteiger charge is -2.08. The maximum atomic E-state index is 12.3. The van der Waals surface area contributed by atoms with Gasteiger partial charge in [0.25, 0.3) is 5.91 Å². The number of benzene rings is 2. The summed E-state index contributed by atoms with van der Waals surface area (Å²) in [6.07, 6.45) is 6.68. The first-order chi connectivity index (χ1) is 12.0. The first-order valence-electron chi connectivity index (χ1n) is 7.39. The van der Waals surface area contributed by atoms with Gasteiger partial charge in [0.05, 0.1) is 4.47 Å². The van der Waals surface area contributed by atoms with E-state index in [1.54, 1.807) is 24.3 Å². The fraction of sp³-hybridized carbons (Fsp3) is 0.100. The highest BCUT2D eigenvalue weighted by Gasteiger charge is 2.11. The van der Waals surface area contributed by atoms with Gasteiger partial charge in [-0.1, -0.05) is 30.2 Å². The van der Waals surface area contributed by atoms with Crippen LogP contribution in [-0.2, 0) is 4.79 Å². The van der Waals surface area contributed by atoms with Gasteiger partial charge in [0.2, 0.25) is 0 Å². The number of anilines is 1. The lowest BCUT2D eigenvalue weighted by Crippen LogP contribution is -2.14. The van der Waals surface area contributed by atoms with E-state index in [1.807, 2.05) is 31.2 Å². The zero-order chi connectivity index (χ0) is 18.2. The Labute approximate surface area is 155 Å². The molecular formula is C20H15BrN2O2. The number of halogens is 1. The number of carbonyl (C=O) groups is 1. The fourth-order valence-corrected chi connectivity index (χ4v) is 2.57. The van der Waals surface area contributed by atoms with E-state index in [0.717, 1.165) is 5.56 Å². The predicted octanol–water partition coefficient (Wildman–Crippen LogP) is 4.32. The quantitative estimate of drug-likeness (QED) is 0.466.